The first kappa shape index (κ1) is 19.8. The van der Waals surface area contributed by atoms with E-state index in [1.165, 1.54) is 19.3 Å². The highest BCUT2D eigenvalue weighted by Gasteiger charge is 2.42. The minimum atomic E-state index is 0. The highest BCUT2D eigenvalue weighted by atomic mass is 127. The van der Waals surface area contributed by atoms with E-state index in [1.807, 2.05) is 0 Å². The Bertz CT molecular complexity index is 446. The average Bonchev–Trinajstić information content (AvgIpc) is 3.20. The Hall–Kier alpha value is -0.570. The molecule has 0 radical (unpaired) electrons. The van der Waals surface area contributed by atoms with Crippen LogP contribution in [0.3, 0.4) is 0 Å². The molecule has 1 atom stereocenters. The third-order valence-corrected chi connectivity index (χ3v) is 5.51. The van der Waals surface area contributed by atoms with E-state index in [4.69, 9.17) is 4.74 Å². The number of carbonyl (C=O) groups excluding carboxylic acids is 1. The SMILES string of the molecule is CN=C(NCC(=O)NC1CCCCC1)N1CCC2(CCOC2)C1.I. The fraction of sp³-hybridized carbons (Fsp3) is 0.882. The van der Waals surface area contributed by atoms with E-state index >= 15 is 0 Å². The first-order valence-electron chi connectivity index (χ1n) is 9.03. The molecule has 1 spiro atoms. The molecule has 6 nitrogen and oxygen atoms in total. The largest absolute Gasteiger partial charge is 0.381 e. The number of carbonyl (C=O) groups is 1. The molecular weight excluding hydrogens is 419 g/mol. The summed E-state index contributed by atoms with van der Waals surface area (Å²) in [5.41, 5.74) is 0.308. The second kappa shape index (κ2) is 9.22. The zero-order chi connectivity index (χ0) is 16.1. The van der Waals surface area contributed by atoms with Crippen LogP contribution in [-0.4, -0.2) is 62.7 Å². The van der Waals surface area contributed by atoms with Gasteiger partial charge in [0.05, 0.1) is 13.2 Å². The van der Waals surface area contributed by atoms with Crippen LogP contribution in [0, 0.1) is 5.41 Å². The molecule has 0 aromatic carbocycles. The minimum absolute atomic E-state index is 0. The van der Waals surface area contributed by atoms with Crippen LogP contribution in [0.5, 0.6) is 0 Å². The Kier molecular flexibility index (Phi) is 7.59. The highest BCUT2D eigenvalue weighted by molar-refractivity contribution is 14.0. The number of rotatable bonds is 3. The van der Waals surface area contributed by atoms with Gasteiger partial charge in [-0.1, -0.05) is 19.3 Å². The molecular formula is C17H31IN4O2. The number of hydrogen-bond acceptors (Lipinski definition) is 3. The molecule has 2 heterocycles. The van der Waals surface area contributed by atoms with Gasteiger partial charge in [-0.15, -0.1) is 24.0 Å². The molecule has 2 aliphatic heterocycles. The Labute approximate surface area is 162 Å². The van der Waals surface area contributed by atoms with E-state index in [-0.39, 0.29) is 29.9 Å². The summed E-state index contributed by atoms with van der Waals surface area (Å²) in [4.78, 5) is 18.7. The third-order valence-electron chi connectivity index (χ3n) is 5.51. The number of guanidine groups is 1. The zero-order valence-corrected chi connectivity index (χ0v) is 17.0. The van der Waals surface area contributed by atoms with Crippen molar-refractivity contribution in [2.75, 3.05) is 39.9 Å². The molecule has 7 heteroatoms. The number of likely N-dealkylation sites (tertiary alicyclic amines) is 1. The van der Waals surface area contributed by atoms with E-state index in [0.29, 0.717) is 18.0 Å². The summed E-state index contributed by atoms with van der Waals surface area (Å²) in [6.45, 7) is 4.03. The molecule has 1 aliphatic carbocycles. The van der Waals surface area contributed by atoms with Crippen LogP contribution < -0.4 is 10.6 Å². The molecule has 1 amide bonds. The molecule has 1 saturated carbocycles. The summed E-state index contributed by atoms with van der Waals surface area (Å²) in [7, 11) is 1.79. The van der Waals surface area contributed by atoms with Gasteiger partial charge in [0.2, 0.25) is 5.91 Å². The van der Waals surface area contributed by atoms with Crippen molar-refractivity contribution in [1.82, 2.24) is 15.5 Å². The second-order valence-electron chi connectivity index (χ2n) is 7.28. The van der Waals surface area contributed by atoms with Gasteiger partial charge >= 0.3 is 0 Å². The van der Waals surface area contributed by atoms with E-state index < -0.39 is 0 Å². The van der Waals surface area contributed by atoms with E-state index in [2.05, 4.69) is 20.5 Å². The van der Waals surface area contributed by atoms with Gasteiger partial charge in [-0.3, -0.25) is 9.79 Å². The summed E-state index contributed by atoms with van der Waals surface area (Å²) in [6, 6.07) is 0.366. The monoisotopic (exact) mass is 450 g/mol. The first-order chi connectivity index (χ1) is 11.2. The van der Waals surface area contributed by atoms with Gasteiger partial charge in [0.25, 0.3) is 0 Å². The van der Waals surface area contributed by atoms with E-state index in [0.717, 1.165) is 57.9 Å². The van der Waals surface area contributed by atoms with Gasteiger partial charge in [-0.2, -0.15) is 0 Å². The van der Waals surface area contributed by atoms with Crippen molar-refractivity contribution >= 4 is 35.8 Å². The van der Waals surface area contributed by atoms with Crippen molar-refractivity contribution in [2.45, 2.75) is 51.0 Å². The van der Waals surface area contributed by atoms with Crippen LogP contribution >= 0.6 is 24.0 Å². The average molecular weight is 450 g/mol. The second-order valence-corrected chi connectivity index (χ2v) is 7.28. The number of nitrogens with zero attached hydrogens (tertiary/aromatic N) is 2. The molecule has 1 unspecified atom stereocenters. The summed E-state index contributed by atoms with van der Waals surface area (Å²) >= 11 is 0. The molecule has 3 rings (SSSR count). The number of nitrogens with one attached hydrogen (secondary N) is 2. The predicted molar refractivity (Wildman–Crippen MR) is 106 cm³/mol. The fourth-order valence-electron chi connectivity index (χ4n) is 4.10. The molecule has 0 aromatic heterocycles. The third kappa shape index (κ3) is 4.97. The summed E-state index contributed by atoms with van der Waals surface area (Å²) in [5.74, 6) is 0.920. The molecule has 0 aromatic rings. The number of aliphatic imine (C=N–C) groups is 1. The van der Waals surface area contributed by atoms with Gasteiger partial charge in [0.1, 0.15) is 0 Å². The lowest BCUT2D eigenvalue weighted by Gasteiger charge is -2.26. The maximum atomic E-state index is 12.1. The highest BCUT2D eigenvalue weighted by Crippen LogP contribution is 2.38. The van der Waals surface area contributed by atoms with Crippen molar-refractivity contribution in [3.63, 3.8) is 0 Å². The lowest BCUT2D eigenvalue weighted by molar-refractivity contribution is -0.120. The molecule has 2 N–H and O–H groups in total. The number of amides is 1. The van der Waals surface area contributed by atoms with Crippen LogP contribution in [0.25, 0.3) is 0 Å². The van der Waals surface area contributed by atoms with Crippen LogP contribution in [-0.2, 0) is 9.53 Å². The Balaban J connectivity index is 0.00000208. The molecule has 3 fully saturated rings. The van der Waals surface area contributed by atoms with Crippen molar-refractivity contribution in [3.05, 3.63) is 0 Å². The topological polar surface area (TPSA) is 66.0 Å². The Morgan fingerprint density at radius 2 is 2.08 bits per heavy atom. The Morgan fingerprint density at radius 3 is 2.75 bits per heavy atom. The van der Waals surface area contributed by atoms with Crippen LogP contribution in [0.2, 0.25) is 0 Å². The van der Waals surface area contributed by atoms with E-state index in [1.54, 1.807) is 7.05 Å². The maximum absolute atomic E-state index is 12.1. The molecule has 0 bridgehead atoms. The number of halogens is 1. The fourth-order valence-corrected chi connectivity index (χ4v) is 4.10. The van der Waals surface area contributed by atoms with Crippen molar-refractivity contribution in [1.29, 1.82) is 0 Å². The van der Waals surface area contributed by atoms with Gasteiger partial charge in [-0.05, 0) is 25.7 Å². The summed E-state index contributed by atoms with van der Waals surface area (Å²) < 4.78 is 5.58. The standard InChI is InChI=1S/C17H30N4O2.HI/c1-18-16(21-9-7-17(12-21)8-10-23-13-17)19-11-15(22)20-14-5-3-2-4-6-14;/h14H,2-13H2,1H3,(H,18,19)(H,20,22);1H. The van der Waals surface area contributed by atoms with Crippen LogP contribution in [0.1, 0.15) is 44.9 Å². The molecule has 138 valence electrons. The quantitative estimate of drug-likeness (QED) is 0.391. The van der Waals surface area contributed by atoms with Gasteiger partial charge < -0.3 is 20.3 Å². The van der Waals surface area contributed by atoms with Gasteiger partial charge in [0, 0.05) is 38.2 Å². The summed E-state index contributed by atoms with van der Waals surface area (Å²) in [6.07, 6.45) is 8.31. The number of ether oxygens (including phenoxy) is 1. The lowest BCUT2D eigenvalue weighted by atomic mass is 9.87. The van der Waals surface area contributed by atoms with Crippen LogP contribution in [0.15, 0.2) is 4.99 Å². The van der Waals surface area contributed by atoms with Crippen molar-refractivity contribution < 1.29 is 9.53 Å². The predicted octanol–water partition coefficient (Wildman–Crippen LogP) is 1.74. The summed E-state index contributed by atoms with van der Waals surface area (Å²) in [5, 5.41) is 6.37. The molecule has 24 heavy (non-hydrogen) atoms. The van der Waals surface area contributed by atoms with Crippen molar-refractivity contribution in [2.24, 2.45) is 10.4 Å². The lowest BCUT2D eigenvalue weighted by Crippen LogP contribution is -2.47. The zero-order valence-electron chi connectivity index (χ0n) is 14.7. The van der Waals surface area contributed by atoms with E-state index in [9.17, 15) is 4.79 Å². The Morgan fingerprint density at radius 1 is 1.29 bits per heavy atom. The molecule has 3 aliphatic rings. The minimum Gasteiger partial charge on any atom is -0.381 e. The van der Waals surface area contributed by atoms with Gasteiger partial charge in [0.15, 0.2) is 5.96 Å². The maximum Gasteiger partial charge on any atom is 0.239 e. The van der Waals surface area contributed by atoms with Gasteiger partial charge in [-0.25, -0.2) is 0 Å². The first-order valence-corrected chi connectivity index (χ1v) is 9.03. The molecule has 2 saturated heterocycles. The number of hydrogen-bond donors (Lipinski definition) is 2. The smallest absolute Gasteiger partial charge is 0.239 e. The normalized spacial score (nSPS) is 28.0. The van der Waals surface area contributed by atoms with Crippen LogP contribution in [0.4, 0.5) is 0 Å². The van der Waals surface area contributed by atoms with Crippen molar-refractivity contribution in [3.8, 4) is 0 Å².